The SMILES string of the molecule is CC(=O)OC(O[SiH3])OC(C)=O. The van der Waals surface area contributed by atoms with Crippen molar-refractivity contribution in [1.82, 2.24) is 0 Å². The Kier molecular flexibility index (Phi) is 4.47. The highest BCUT2D eigenvalue weighted by atomic mass is 28.2. The second kappa shape index (κ2) is 4.86. The van der Waals surface area contributed by atoms with E-state index in [-0.39, 0.29) is 0 Å². The van der Waals surface area contributed by atoms with E-state index in [2.05, 4.69) is 13.9 Å². The minimum atomic E-state index is -1.17. The molecule has 0 saturated carbocycles. The third kappa shape index (κ3) is 5.56. The lowest BCUT2D eigenvalue weighted by molar-refractivity contribution is -0.232. The van der Waals surface area contributed by atoms with Crippen molar-refractivity contribution >= 4 is 22.4 Å². The molecule has 11 heavy (non-hydrogen) atoms. The summed E-state index contributed by atoms with van der Waals surface area (Å²) in [6, 6.07) is 0. The summed E-state index contributed by atoms with van der Waals surface area (Å²) in [7, 11) is 0.329. The molecule has 0 aliphatic carbocycles. The number of carbonyl (C=O) groups excluding carboxylic acids is 2. The van der Waals surface area contributed by atoms with Crippen LogP contribution in [0.25, 0.3) is 0 Å². The van der Waals surface area contributed by atoms with Gasteiger partial charge in [-0.15, -0.1) is 0 Å². The van der Waals surface area contributed by atoms with Crippen LogP contribution >= 0.6 is 0 Å². The molecule has 0 aliphatic rings. The van der Waals surface area contributed by atoms with Crippen LogP contribution in [-0.4, -0.2) is 28.9 Å². The molecular formula is C5H10O5Si. The second-order valence-electron chi connectivity index (χ2n) is 1.74. The molecule has 0 bridgehead atoms. The number of hydrogen-bond acceptors (Lipinski definition) is 5. The highest BCUT2D eigenvalue weighted by Gasteiger charge is 2.11. The molecule has 0 radical (unpaired) electrons. The minimum absolute atomic E-state index is 0.329. The van der Waals surface area contributed by atoms with Crippen LogP contribution in [0, 0.1) is 0 Å². The monoisotopic (exact) mass is 178 g/mol. The summed E-state index contributed by atoms with van der Waals surface area (Å²) in [5.74, 6) is -1.10. The van der Waals surface area contributed by atoms with E-state index >= 15 is 0 Å². The Morgan fingerprint density at radius 1 is 1.18 bits per heavy atom. The summed E-state index contributed by atoms with van der Waals surface area (Å²) in [6.45, 7) is 1.24. The molecule has 5 nitrogen and oxygen atoms in total. The first-order valence-corrected chi connectivity index (χ1v) is 3.75. The molecule has 0 spiro atoms. The van der Waals surface area contributed by atoms with Crippen molar-refractivity contribution in [3.63, 3.8) is 0 Å². The average Bonchev–Trinajstić information content (AvgIpc) is 1.84. The van der Waals surface area contributed by atoms with Crippen LogP contribution < -0.4 is 0 Å². The van der Waals surface area contributed by atoms with Gasteiger partial charge in [0.05, 0.1) is 0 Å². The highest BCUT2D eigenvalue weighted by Crippen LogP contribution is 1.95. The largest absolute Gasteiger partial charge is 0.401 e. The standard InChI is InChI=1S/C5H10O5Si/c1-3(6)8-5(10-11)9-4(2)7/h5H,1-2,11H3. The fourth-order valence-corrected chi connectivity index (χ4v) is 0.584. The maximum absolute atomic E-state index is 10.3. The fourth-order valence-electron chi connectivity index (χ4n) is 0.391. The molecule has 0 amide bonds. The van der Waals surface area contributed by atoms with Gasteiger partial charge in [0.2, 0.25) is 0 Å². The summed E-state index contributed by atoms with van der Waals surface area (Å²) < 4.78 is 13.5. The van der Waals surface area contributed by atoms with E-state index < -0.39 is 18.4 Å². The minimum Gasteiger partial charge on any atom is -0.401 e. The van der Waals surface area contributed by atoms with E-state index in [4.69, 9.17) is 0 Å². The molecule has 0 aromatic carbocycles. The van der Waals surface area contributed by atoms with Crippen molar-refractivity contribution in [3.05, 3.63) is 0 Å². The summed E-state index contributed by atoms with van der Waals surface area (Å²) in [6.07, 6.45) is 0. The van der Waals surface area contributed by atoms with Crippen LogP contribution in [0.3, 0.4) is 0 Å². The Balaban J connectivity index is 3.76. The normalized spacial score (nSPS) is 9.73. The van der Waals surface area contributed by atoms with Gasteiger partial charge in [-0.25, -0.2) is 0 Å². The molecule has 0 aromatic heterocycles. The summed E-state index contributed by atoms with van der Waals surface area (Å²) in [5, 5.41) is 0. The Hall–Kier alpha value is -0.883. The molecule has 0 atom stereocenters. The number of carbonyl (C=O) groups is 2. The van der Waals surface area contributed by atoms with Gasteiger partial charge >= 0.3 is 18.4 Å². The van der Waals surface area contributed by atoms with Crippen molar-refractivity contribution < 1.29 is 23.5 Å². The van der Waals surface area contributed by atoms with Crippen LogP contribution in [0.1, 0.15) is 13.8 Å². The topological polar surface area (TPSA) is 61.8 Å². The third-order valence-corrected chi connectivity index (χ3v) is 1.10. The lowest BCUT2D eigenvalue weighted by Gasteiger charge is -2.13. The predicted molar refractivity (Wildman–Crippen MR) is 38.3 cm³/mol. The second-order valence-corrected chi connectivity index (χ2v) is 2.21. The Morgan fingerprint density at radius 3 is 1.73 bits per heavy atom. The van der Waals surface area contributed by atoms with Crippen molar-refractivity contribution in [1.29, 1.82) is 0 Å². The molecule has 0 heterocycles. The molecule has 0 aliphatic heterocycles. The van der Waals surface area contributed by atoms with E-state index in [1.165, 1.54) is 13.8 Å². The van der Waals surface area contributed by atoms with E-state index in [9.17, 15) is 9.59 Å². The van der Waals surface area contributed by atoms with Gasteiger partial charge in [-0.05, 0) is 0 Å². The van der Waals surface area contributed by atoms with E-state index in [0.717, 1.165) is 0 Å². The van der Waals surface area contributed by atoms with Gasteiger partial charge in [0.25, 0.3) is 0 Å². The van der Waals surface area contributed by atoms with Crippen LogP contribution in [0.2, 0.25) is 0 Å². The van der Waals surface area contributed by atoms with E-state index in [0.29, 0.717) is 10.5 Å². The van der Waals surface area contributed by atoms with Crippen LogP contribution in [-0.2, 0) is 23.5 Å². The fraction of sp³-hybridized carbons (Fsp3) is 0.600. The molecular weight excluding hydrogens is 168 g/mol. The molecule has 64 valence electrons. The van der Waals surface area contributed by atoms with Crippen LogP contribution in [0.4, 0.5) is 0 Å². The highest BCUT2D eigenvalue weighted by molar-refractivity contribution is 5.98. The van der Waals surface area contributed by atoms with Gasteiger partial charge in [0, 0.05) is 13.8 Å². The lowest BCUT2D eigenvalue weighted by Crippen LogP contribution is -2.24. The average molecular weight is 178 g/mol. The van der Waals surface area contributed by atoms with E-state index in [1.807, 2.05) is 0 Å². The maximum Gasteiger partial charge on any atom is 0.354 e. The van der Waals surface area contributed by atoms with Gasteiger partial charge in [-0.1, -0.05) is 0 Å². The lowest BCUT2D eigenvalue weighted by atomic mass is 10.8. The quantitative estimate of drug-likeness (QED) is 0.305. The Morgan fingerprint density at radius 2 is 1.55 bits per heavy atom. The van der Waals surface area contributed by atoms with Crippen LogP contribution in [0.5, 0.6) is 0 Å². The number of ether oxygens (including phenoxy) is 2. The van der Waals surface area contributed by atoms with Gasteiger partial charge < -0.3 is 13.9 Å². The molecule has 6 heteroatoms. The Labute approximate surface area is 67.2 Å². The van der Waals surface area contributed by atoms with Crippen molar-refractivity contribution in [2.75, 3.05) is 0 Å². The maximum atomic E-state index is 10.3. The first kappa shape index (κ1) is 10.1. The molecule has 0 saturated heterocycles. The van der Waals surface area contributed by atoms with Gasteiger partial charge in [0.15, 0.2) is 10.5 Å². The predicted octanol–water partition coefficient (Wildman–Crippen LogP) is -1.31. The molecule has 0 fully saturated rings. The third-order valence-electron chi connectivity index (χ3n) is 0.717. The van der Waals surface area contributed by atoms with Gasteiger partial charge in [0.1, 0.15) is 0 Å². The Bertz CT molecular complexity index is 141. The van der Waals surface area contributed by atoms with E-state index in [1.54, 1.807) is 0 Å². The van der Waals surface area contributed by atoms with Gasteiger partial charge in [-0.2, -0.15) is 0 Å². The number of esters is 2. The van der Waals surface area contributed by atoms with Crippen molar-refractivity contribution in [3.8, 4) is 0 Å². The zero-order chi connectivity index (χ0) is 8.85. The molecule has 0 aromatic rings. The van der Waals surface area contributed by atoms with Crippen molar-refractivity contribution in [2.45, 2.75) is 20.3 Å². The summed E-state index contributed by atoms with van der Waals surface area (Å²) >= 11 is 0. The number of hydrogen-bond donors (Lipinski definition) is 0. The zero-order valence-electron chi connectivity index (χ0n) is 6.62. The molecule has 0 rings (SSSR count). The van der Waals surface area contributed by atoms with Gasteiger partial charge in [-0.3, -0.25) is 9.59 Å². The zero-order valence-corrected chi connectivity index (χ0v) is 8.62. The summed E-state index contributed by atoms with van der Waals surface area (Å²) in [5.41, 5.74) is 0. The van der Waals surface area contributed by atoms with Crippen LogP contribution in [0.15, 0.2) is 0 Å². The molecule has 0 N–H and O–H groups in total. The number of rotatable bonds is 3. The molecule has 0 unspecified atom stereocenters. The summed E-state index contributed by atoms with van der Waals surface area (Å²) in [4.78, 5) is 20.6. The first-order chi connectivity index (χ1) is 5.06. The van der Waals surface area contributed by atoms with Crippen molar-refractivity contribution in [2.24, 2.45) is 0 Å². The smallest absolute Gasteiger partial charge is 0.354 e. The first-order valence-electron chi connectivity index (χ1n) is 2.93.